The summed E-state index contributed by atoms with van der Waals surface area (Å²) in [6, 6.07) is 18.4. The van der Waals surface area contributed by atoms with E-state index in [9.17, 15) is 4.79 Å². The Kier molecular flexibility index (Phi) is 7.19. The van der Waals surface area contributed by atoms with Crippen LogP contribution in [0.5, 0.6) is 5.75 Å². The van der Waals surface area contributed by atoms with Crippen molar-refractivity contribution in [1.29, 1.82) is 0 Å². The average molecular weight is 343 g/mol. The van der Waals surface area contributed by atoms with Crippen LogP contribution in [-0.2, 0) is 11.2 Å². The van der Waals surface area contributed by atoms with Crippen LogP contribution in [0, 0.1) is 5.92 Å². The van der Waals surface area contributed by atoms with E-state index in [1.807, 2.05) is 30.3 Å². The Balaban J connectivity index is 2.04. The molecule has 0 aliphatic carbocycles. The molecule has 1 N–H and O–H groups in total. The maximum Gasteiger partial charge on any atom is 0.216 e. The van der Waals surface area contributed by atoms with Gasteiger partial charge < -0.3 is 10.1 Å². The molecule has 24 heavy (non-hydrogen) atoms. The number of carbonyl (C=O) groups is 1. The van der Waals surface area contributed by atoms with Crippen molar-refractivity contribution in [3.63, 3.8) is 0 Å². The van der Waals surface area contributed by atoms with Gasteiger partial charge in [-0.1, -0.05) is 30.3 Å². The van der Waals surface area contributed by atoms with Crippen LogP contribution in [0.2, 0.25) is 0 Å². The Morgan fingerprint density at radius 1 is 1.12 bits per heavy atom. The van der Waals surface area contributed by atoms with E-state index in [1.54, 1.807) is 18.7 Å². The first-order valence-electron chi connectivity index (χ1n) is 8.17. The highest BCUT2D eigenvalue weighted by Crippen LogP contribution is 2.22. The normalized spacial score (nSPS) is 13.1. The minimum atomic E-state index is -0.00964. The number of benzene rings is 2. The molecule has 0 aliphatic rings. The second-order valence-electron chi connectivity index (χ2n) is 5.89. The zero-order valence-corrected chi connectivity index (χ0v) is 15.3. The van der Waals surface area contributed by atoms with Crippen LogP contribution in [-0.4, -0.2) is 24.8 Å². The number of carbonyl (C=O) groups excluding carboxylic acids is 1. The molecular formula is C20H25NO2S. The molecule has 0 aromatic heterocycles. The maximum atomic E-state index is 11.3. The summed E-state index contributed by atoms with van der Waals surface area (Å²) in [7, 11) is 0. The lowest BCUT2D eigenvalue weighted by Gasteiger charge is -2.25. The first kappa shape index (κ1) is 18.4. The smallest absolute Gasteiger partial charge is 0.216 e. The summed E-state index contributed by atoms with van der Waals surface area (Å²) in [6.07, 6.45) is 2.92. The van der Waals surface area contributed by atoms with Gasteiger partial charge >= 0.3 is 0 Å². The summed E-state index contributed by atoms with van der Waals surface area (Å²) < 4.78 is 6.12. The van der Waals surface area contributed by atoms with Crippen LogP contribution in [0.4, 0.5) is 0 Å². The minimum absolute atomic E-state index is 0.00261. The van der Waals surface area contributed by atoms with Gasteiger partial charge in [-0.25, -0.2) is 0 Å². The molecule has 128 valence electrons. The van der Waals surface area contributed by atoms with E-state index in [-0.39, 0.29) is 17.9 Å². The Morgan fingerprint density at radius 2 is 1.79 bits per heavy atom. The van der Waals surface area contributed by atoms with E-state index in [1.165, 1.54) is 10.5 Å². The summed E-state index contributed by atoms with van der Waals surface area (Å²) in [5.74, 6) is 1.06. The fourth-order valence-electron chi connectivity index (χ4n) is 2.56. The van der Waals surface area contributed by atoms with E-state index in [2.05, 4.69) is 42.8 Å². The number of hydrogen-bond donors (Lipinski definition) is 1. The predicted octanol–water partition coefficient (Wildman–Crippen LogP) is 4.17. The molecule has 0 spiro atoms. The highest BCUT2D eigenvalue weighted by atomic mass is 32.2. The number of ether oxygens (including phenoxy) is 1. The van der Waals surface area contributed by atoms with Crippen LogP contribution in [0.15, 0.2) is 59.5 Å². The second-order valence-corrected chi connectivity index (χ2v) is 6.77. The fraction of sp³-hybridized carbons (Fsp3) is 0.350. The van der Waals surface area contributed by atoms with Gasteiger partial charge in [-0.3, -0.25) is 4.79 Å². The highest BCUT2D eigenvalue weighted by molar-refractivity contribution is 7.98. The zero-order valence-electron chi connectivity index (χ0n) is 14.5. The van der Waals surface area contributed by atoms with E-state index in [0.29, 0.717) is 6.54 Å². The van der Waals surface area contributed by atoms with Crippen LogP contribution in [0.1, 0.15) is 19.4 Å². The molecule has 2 aromatic rings. The molecule has 0 aliphatic heterocycles. The molecule has 2 aromatic carbocycles. The van der Waals surface area contributed by atoms with Gasteiger partial charge in [-0.05, 0) is 49.4 Å². The van der Waals surface area contributed by atoms with Gasteiger partial charge in [0.25, 0.3) is 0 Å². The third-order valence-electron chi connectivity index (χ3n) is 4.00. The van der Waals surface area contributed by atoms with Crippen molar-refractivity contribution in [1.82, 2.24) is 5.32 Å². The van der Waals surface area contributed by atoms with E-state index in [4.69, 9.17) is 4.74 Å². The molecule has 2 rings (SSSR count). The van der Waals surface area contributed by atoms with Gasteiger partial charge in [0.05, 0.1) is 0 Å². The van der Waals surface area contributed by atoms with E-state index in [0.717, 1.165) is 12.2 Å². The molecule has 0 radical (unpaired) electrons. The maximum absolute atomic E-state index is 11.3. The standard InChI is InChI=1S/C20H25NO2S/c1-15(23-19-9-11-20(24-3)12-10-19)18(14-21-16(2)22)13-17-7-5-4-6-8-17/h4-12,15,18H,13-14H2,1-3H3,(H,21,22). The van der Waals surface area contributed by atoms with Gasteiger partial charge in [0.15, 0.2) is 0 Å². The second kappa shape index (κ2) is 9.38. The quantitative estimate of drug-likeness (QED) is 0.731. The molecule has 0 saturated carbocycles. The molecule has 0 fully saturated rings. The number of hydrogen-bond acceptors (Lipinski definition) is 3. The van der Waals surface area contributed by atoms with Gasteiger partial charge in [0.1, 0.15) is 11.9 Å². The van der Waals surface area contributed by atoms with Gasteiger partial charge in [0.2, 0.25) is 5.91 Å². The van der Waals surface area contributed by atoms with Crippen molar-refractivity contribution in [3.8, 4) is 5.75 Å². The molecule has 4 heteroatoms. The Morgan fingerprint density at radius 3 is 2.38 bits per heavy atom. The van der Waals surface area contributed by atoms with E-state index < -0.39 is 0 Å². The van der Waals surface area contributed by atoms with Crippen molar-refractivity contribution < 1.29 is 9.53 Å². The van der Waals surface area contributed by atoms with Gasteiger partial charge in [-0.15, -0.1) is 11.8 Å². The van der Waals surface area contributed by atoms with Crippen LogP contribution >= 0.6 is 11.8 Å². The summed E-state index contributed by atoms with van der Waals surface area (Å²) in [4.78, 5) is 12.5. The van der Waals surface area contributed by atoms with Gasteiger partial charge in [0, 0.05) is 24.3 Å². The van der Waals surface area contributed by atoms with Crippen molar-refractivity contribution >= 4 is 17.7 Å². The summed E-state index contributed by atoms with van der Waals surface area (Å²) >= 11 is 1.71. The lowest BCUT2D eigenvalue weighted by Crippen LogP contribution is -2.36. The monoisotopic (exact) mass is 343 g/mol. The lowest BCUT2D eigenvalue weighted by molar-refractivity contribution is -0.119. The molecule has 3 nitrogen and oxygen atoms in total. The van der Waals surface area contributed by atoms with Crippen LogP contribution in [0.25, 0.3) is 0 Å². The third-order valence-corrected chi connectivity index (χ3v) is 4.74. The predicted molar refractivity (Wildman–Crippen MR) is 101 cm³/mol. The summed E-state index contributed by atoms with van der Waals surface area (Å²) in [5.41, 5.74) is 1.25. The molecule has 1 amide bonds. The molecule has 0 bridgehead atoms. The Bertz CT molecular complexity index is 628. The molecule has 0 heterocycles. The molecule has 0 saturated heterocycles. The zero-order chi connectivity index (χ0) is 17.4. The van der Waals surface area contributed by atoms with Crippen LogP contribution < -0.4 is 10.1 Å². The largest absolute Gasteiger partial charge is 0.490 e. The van der Waals surface area contributed by atoms with Gasteiger partial charge in [-0.2, -0.15) is 0 Å². The Hall–Kier alpha value is -1.94. The van der Waals surface area contributed by atoms with Crippen LogP contribution in [0.3, 0.4) is 0 Å². The molecule has 2 unspecified atom stereocenters. The summed E-state index contributed by atoms with van der Waals surface area (Å²) in [5, 5.41) is 2.93. The lowest BCUT2D eigenvalue weighted by atomic mass is 9.94. The number of rotatable bonds is 8. The SMILES string of the molecule is CSc1ccc(OC(C)C(CNC(C)=O)Cc2ccccc2)cc1. The average Bonchev–Trinajstić information content (AvgIpc) is 2.60. The van der Waals surface area contributed by atoms with E-state index >= 15 is 0 Å². The van der Waals surface area contributed by atoms with Crippen molar-refractivity contribution in [2.45, 2.75) is 31.3 Å². The number of amides is 1. The van der Waals surface area contributed by atoms with Crippen molar-refractivity contribution in [3.05, 3.63) is 60.2 Å². The topological polar surface area (TPSA) is 38.3 Å². The van der Waals surface area contributed by atoms with Crippen molar-refractivity contribution in [2.24, 2.45) is 5.92 Å². The summed E-state index contributed by atoms with van der Waals surface area (Å²) in [6.45, 7) is 4.22. The molecule has 2 atom stereocenters. The third kappa shape index (κ3) is 5.93. The Labute approximate surface area is 148 Å². The highest BCUT2D eigenvalue weighted by Gasteiger charge is 2.20. The minimum Gasteiger partial charge on any atom is -0.490 e. The van der Waals surface area contributed by atoms with Crippen molar-refractivity contribution in [2.75, 3.05) is 12.8 Å². The number of thioether (sulfide) groups is 1. The first-order valence-corrected chi connectivity index (χ1v) is 9.40. The fourth-order valence-corrected chi connectivity index (χ4v) is 2.97. The molecular weight excluding hydrogens is 318 g/mol. The first-order chi connectivity index (χ1) is 11.6. The number of nitrogens with one attached hydrogen (secondary N) is 1.